The van der Waals surface area contributed by atoms with E-state index in [0.717, 1.165) is 11.8 Å². The predicted molar refractivity (Wildman–Crippen MR) is 70.0 cm³/mol. The van der Waals surface area contributed by atoms with Gasteiger partial charge in [-0.3, -0.25) is 14.2 Å². The number of amides is 1. The first-order valence-corrected chi connectivity index (χ1v) is 6.47. The van der Waals surface area contributed by atoms with Gasteiger partial charge in [0, 0.05) is 13.2 Å². The normalized spacial score (nSPS) is 10.6. The smallest absolute Gasteiger partial charge is 0.313 e. The molecule has 2 aromatic heterocycles. The molecular weight excluding hydrogens is 268 g/mol. The zero-order valence-electron chi connectivity index (χ0n) is 10.2. The van der Waals surface area contributed by atoms with E-state index in [1.54, 1.807) is 29.9 Å². The van der Waals surface area contributed by atoms with Gasteiger partial charge in [-0.15, -0.1) is 0 Å². The molecule has 0 saturated heterocycles. The fraction of sp³-hybridized carbons (Fsp3) is 0.273. The summed E-state index contributed by atoms with van der Waals surface area (Å²) in [5, 5.41) is 11.7. The molecular formula is C11H12N4O3S. The Hall–Kier alpha value is -2.09. The van der Waals surface area contributed by atoms with Crippen molar-refractivity contribution in [3.05, 3.63) is 18.3 Å². The highest BCUT2D eigenvalue weighted by Gasteiger charge is 2.15. The van der Waals surface area contributed by atoms with Crippen LogP contribution in [0.1, 0.15) is 0 Å². The molecule has 0 spiro atoms. The lowest BCUT2D eigenvalue weighted by Crippen LogP contribution is -2.24. The van der Waals surface area contributed by atoms with E-state index in [-0.39, 0.29) is 18.2 Å². The van der Waals surface area contributed by atoms with Crippen LogP contribution in [0.25, 0.3) is 11.2 Å². The number of carbonyl (C=O) groups is 2. The highest BCUT2D eigenvalue weighted by molar-refractivity contribution is 7.99. The third-order valence-corrected chi connectivity index (χ3v) is 3.34. The summed E-state index contributed by atoms with van der Waals surface area (Å²) in [6.07, 6.45) is 1.61. The number of hydrogen-bond donors (Lipinski definition) is 2. The summed E-state index contributed by atoms with van der Waals surface area (Å²) in [5.74, 6) is -1.24. The second-order valence-corrected chi connectivity index (χ2v) is 4.62. The number of hydrogen-bond acceptors (Lipinski definition) is 5. The lowest BCUT2D eigenvalue weighted by Gasteiger charge is -2.06. The number of fused-ring (bicyclic) bond motifs is 1. The SMILES string of the molecule is CNC(=O)Cn1c(SCC(=O)O)nc2cccnc21. The van der Waals surface area contributed by atoms with Gasteiger partial charge in [0.15, 0.2) is 10.8 Å². The number of likely N-dealkylation sites (N-methyl/N-ethyl adjacent to an activating group) is 1. The van der Waals surface area contributed by atoms with Crippen molar-refractivity contribution in [1.29, 1.82) is 0 Å². The first-order valence-electron chi connectivity index (χ1n) is 5.48. The van der Waals surface area contributed by atoms with Crippen molar-refractivity contribution in [2.24, 2.45) is 0 Å². The predicted octanol–water partition coefficient (Wildman–Crippen LogP) is 0.354. The molecule has 7 nitrogen and oxygen atoms in total. The van der Waals surface area contributed by atoms with E-state index in [2.05, 4.69) is 15.3 Å². The molecule has 19 heavy (non-hydrogen) atoms. The average Bonchev–Trinajstić information content (AvgIpc) is 2.74. The number of carboxylic acids is 1. The Balaban J connectivity index is 2.39. The molecule has 2 rings (SSSR count). The Morgan fingerprint density at radius 3 is 3.00 bits per heavy atom. The van der Waals surface area contributed by atoms with Gasteiger partial charge >= 0.3 is 5.97 Å². The number of rotatable bonds is 5. The zero-order chi connectivity index (χ0) is 13.8. The zero-order valence-corrected chi connectivity index (χ0v) is 11.0. The average molecular weight is 280 g/mol. The molecule has 2 heterocycles. The summed E-state index contributed by atoms with van der Waals surface area (Å²) in [4.78, 5) is 30.6. The molecule has 8 heteroatoms. The third kappa shape index (κ3) is 3.02. The van der Waals surface area contributed by atoms with Gasteiger partial charge in [0.05, 0.1) is 5.75 Å². The quantitative estimate of drug-likeness (QED) is 0.767. The van der Waals surface area contributed by atoms with Gasteiger partial charge in [-0.1, -0.05) is 11.8 Å². The summed E-state index contributed by atoms with van der Waals surface area (Å²) >= 11 is 1.07. The fourth-order valence-corrected chi connectivity index (χ4v) is 2.26. The van der Waals surface area contributed by atoms with Crippen molar-refractivity contribution in [1.82, 2.24) is 19.9 Å². The second kappa shape index (κ2) is 5.70. The Bertz CT molecular complexity index is 625. The largest absolute Gasteiger partial charge is 0.481 e. The first-order chi connectivity index (χ1) is 9.11. The monoisotopic (exact) mass is 280 g/mol. The fourth-order valence-electron chi connectivity index (χ4n) is 1.54. The minimum atomic E-state index is -0.934. The molecule has 0 aromatic carbocycles. The molecule has 1 amide bonds. The molecule has 0 fully saturated rings. The van der Waals surface area contributed by atoms with Gasteiger partial charge in [-0.05, 0) is 12.1 Å². The molecule has 0 aliphatic carbocycles. The highest BCUT2D eigenvalue weighted by Crippen LogP contribution is 2.22. The van der Waals surface area contributed by atoms with Crippen molar-refractivity contribution in [2.45, 2.75) is 11.7 Å². The van der Waals surface area contributed by atoms with Crippen LogP contribution in [0.15, 0.2) is 23.5 Å². The summed E-state index contributed by atoms with van der Waals surface area (Å²) in [6, 6.07) is 3.51. The molecule has 0 saturated carbocycles. The molecule has 0 radical (unpaired) electrons. The van der Waals surface area contributed by atoms with Crippen LogP contribution in [0.3, 0.4) is 0 Å². The summed E-state index contributed by atoms with van der Waals surface area (Å²) in [5.41, 5.74) is 1.21. The van der Waals surface area contributed by atoms with Crippen LogP contribution in [-0.2, 0) is 16.1 Å². The molecule has 0 atom stereocenters. The molecule has 0 aliphatic rings. The van der Waals surface area contributed by atoms with E-state index < -0.39 is 5.97 Å². The number of thioether (sulfide) groups is 1. The summed E-state index contributed by atoms with van der Waals surface area (Å²) in [7, 11) is 1.54. The minimum Gasteiger partial charge on any atom is -0.481 e. The van der Waals surface area contributed by atoms with Crippen molar-refractivity contribution in [3.63, 3.8) is 0 Å². The van der Waals surface area contributed by atoms with Gasteiger partial charge in [0.25, 0.3) is 0 Å². The van der Waals surface area contributed by atoms with Gasteiger partial charge in [0.1, 0.15) is 12.1 Å². The second-order valence-electron chi connectivity index (χ2n) is 3.68. The van der Waals surface area contributed by atoms with Crippen LogP contribution in [0.5, 0.6) is 0 Å². The Labute approximate surface area is 113 Å². The van der Waals surface area contributed by atoms with Crippen LogP contribution in [-0.4, -0.2) is 44.3 Å². The van der Waals surface area contributed by atoms with Crippen LogP contribution < -0.4 is 5.32 Å². The standard InChI is InChI=1S/C11H12N4O3S/c1-12-8(16)5-15-10-7(3-2-4-13-10)14-11(15)19-6-9(17)18/h2-4H,5-6H2,1H3,(H,12,16)(H,17,18). The molecule has 0 bridgehead atoms. The highest BCUT2D eigenvalue weighted by atomic mass is 32.2. The summed E-state index contributed by atoms with van der Waals surface area (Å²) < 4.78 is 1.61. The third-order valence-electron chi connectivity index (χ3n) is 2.37. The van der Waals surface area contributed by atoms with Crippen molar-refractivity contribution in [3.8, 4) is 0 Å². The Morgan fingerprint density at radius 1 is 1.53 bits per heavy atom. The van der Waals surface area contributed by atoms with Gasteiger partial charge in [-0.25, -0.2) is 9.97 Å². The molecule has 100 valence electrons. The number of pyridine rings is 1. The number of aliphatic carboxylic acids is 1. The van der Waals surface area contributed by atoms with E-state index in [4.69, 9.17) is 5.11 Å². The van der Waals surface area contributed by atoms with Crippen LogP contribution in [0.2, 0.25) is 0 Å². The lowest BCUT2D eigenvalue weighted by atomic mass is 10.4. The van der Waals surface area contributed by atoms with E-state index in [1.165, 1.54) is 0 Å². The maximum absolute atomic E-state index is 11.5. The van der Waals surface area contributed by atoms with Crippen molar-refractivity contribution < 1.29 is 14.7 Å². The number of imidazole rings is 1. The topological polar surface area (TPSA) is 97.1 Å². The first kappa shape index (κ1) is 13.3. The molecule has 0 aliphatic heterocycles. The van der Waals surface area contributed by atoms with Crippen molar-refractivity contribution in [2.75, 3.05) is 12.8 Å². The Kier molecular flexibility index (Phi) is 4.00. The van der Waals surface area contributed by atoms with Crippen molar-refractivity contribution >= 4 is 34.8 Å². The van der Waals surface area contributed by atoms with Crippen LogP contribution in [0.4, 0.5) is 0 Å². The van der Waals surface area contributed by atoms with Gasteiger partial charge in [-0.2, -0.15) is 0 Å². The minimum absolute atomic E-state index is 0.0615. The molecule has 0 unspecified atom stereocenters. The molecule has 2 N–H and O–H groups in total. The van der Waals surface area contributed by atoms with E-state index >= 15 is 0 Å². The Morgan fingerprint density at radius 2 is 2.32 bits per heavy atom. The number of carboxylic acid groups (broad SMARTS) is 1. The van der Waals surface area contributed by atoms with Crippen LogP contribution in [0, 0.1) is 0 Å². The van der Waals surface area contributed by atoms with Gasteiger partial charge in [0.2, 0.25) is 5.91 Å². The van der Waals surface area contributed by atoms with E-state index in [0.29, 0.717) is 16.3 Å². The van der Waals surface area contributed by atoms with Gasteiger partial charge < -0.3 is 10.4 Å². The number of aromatic nitrogens is 3. The lowest BCUT2D eigenvalue weighted by molar-refractivity contribution is -0.133. The maximum Gasteiger partial charge on any atom is 0.313 e. The molecule has 2 aromatic rings. The van der Waals surface area contributed by atoms with Crippen LogP contribution >= 0.6 is 11.8 Å². The maximum atomic E-state index is 11.5. The number of nitrogens with one attached hydrogen (secondary N) is 1. The van der Waals surface area contributed by atoms with E-state index in [9.17, 15) is 9.59 Å². The number of carbonyl (C=O) groups excluding carboxylic acids is 1. The van der Waals surface area contributed by atoms with E-state index in [1.807, 2.05) is 0 Å². The summed E-state index contributed by atoms with van der Waals surface area (Å²) in [6.45, 7) is 0.0615. The number of nitrogens with zero attached hydrogens (tertiary/aromatic N) is 3.